The Balaban J connectivity index is 2.12. The SMILES string of the molecule is O=C(c1cccc(Cl)c1)C1CCCCS1. The normalized spacial score (nSPS) is 21.3. The summed E-state index contributed by atoms with van der Waals surface area (Å²) in [5, 5.41) is 0.791. The topological polar surface area (TPSA) is 17.1 Å². The van der Waals surface area contributed by atoms with Gasteiger partial charge in [-0.2, -0.15) is 11.8 Å². The Labute approximate surface area is 99.2 Å². The van der Waals surface area contributed by atoms with E-state index in [1.807, 2.05) is 12.1 Å². The first-order valence-corrected chi connectivity index (χ1v) is 6.61. The Hall–Kier alpha value is -0.470. The number of carbonyl (C=O) groups is 1. The molecule has 0 spiro atoms. The van der Waals surface area contributed by atoms with Crippen molar-refractivity contribution in [3.8, 4) is 0 Å². The number of rotatable bonds is 2. The van der Waals surface area contributed by atoms with E-state index in [9.17, 15) is 4.79 Å². The van der Waals surface area contributed by atoms with Gasteiger partial charge in [-0.05, 0) is 30.7 Å². The molecule has 1 aliphatic rings. The molecule has 0 N–H and O–H groups in total. The second kappa shape index (κ2) is 5.04. The second-order valence-electron chi connectivity index (χ2n) is 3.73. The van der Waals surface area contributed by atoms with Crippen LogP contribution in [0.2, 0.25) is 5.02 Å². The van der Waals surface area contributed by atoms with E-state index in [4.69, 9.17) is 11.6 Å². The standard InChI is InChI=1S/C12H13ClOS/c13-10-5-3-4-9(8-10)12(14)11-6-1-2-7-15-11/h3-5,8,11H,1-2,6-7H2. The minimum atomic E-state index is 0.150. The summed E-state index contributed by atoms with van der Waals surface area (Å²) in [4.78, 5) is 12.1. The molecule has 80 valence electrons. The zero-order valence-corrected chi connectivity index (χ0v) is 9.98. The molecular formula is C12H13ClOS. The van der Waals surface area contributed by atoms with Gasteiger partial charge in [0.15, 0.2) is 5.78 Å². The molecule has 1 aromatic carbocycles. The third-order valence-electron chi connectivity index (χ3n) is 2.58. The molecule has 0 amide bonds. The predicted molar refractivity (Wildman–Crippen MR) is 65.9 cm³/mol. The average Bonchev–Trinajstić information content (AvgIpc) is 2.29. The molecule has 0 radical (unpaired) electrons. The van der Waals surface area contributed by atoms with Crippen molar-refractivity contribution >= 4 is 29.1 Å². The van der Waals surface area contributed by atoms with E-state index in [-0.39, 0.29) is 11.0 Å². The molecule has 3 heteroatoms. The lowest BCUT2D eigenvalue weighted by atomic mass is 10.0. The van der Waals surface area contributed by atoms with Crippen LogP contribution in [-0.2, 0) is 0 Å². The van der Waals surface area contributed by atoms with Crippen LogP contribution in [0, 0.1) is 0 Å². The first-order valence-electron chi connectivity index (χ1n) is 5.19. The van der Waals surface area contributed by atoms with Gasteiger partial charge in [0.25, 0.3) is 0 Å². The van der Waals surface area contributed by atoms with Gasteiger partial charge in [-0.25, -0.2) is 0 Å². The number of Topliss-reactive ketones (excluding diaryl/α,β-unsaturated/α-hetero) is 1. The van der Waals surface area contributed by atoms with Crippen LogP contribution >= 0.6 is 23.4 Å². The van der Waals surface area contributed by atoms with Crippen molar-refractivity contribution < 1.29 is 4.79 Å². The zero-order chi connectivity index (χ0) is 10.7. The maximum Gasteiger partial charge on any atom is 0.175 e. The van der Waals surface area contributed by atoms with Crippen LogP contribution in [0.1, 0.15) is 29.6 Å². The number of thioether (sulfide) groups is 1. The van der Waals surface area contributed by atoms with Crippen molar-refractivity contribution in [2.75, 3.05) is 5.75 Å². The van der Waals surface area contributed by atoms with Gasteiger partial charge < -0.3 is 0 Å². The first-order chi connectivity index (χ1) is 7.27. The molecule has 1 aromatic rings. The molecule has 0 aliphatic carbocycles. The molecule has 0 aromatic heterocycles. The van der Waals surface area contributed by atoms with Crippen LogP contribution in [0.4, 0.5) is 0 Å². The van der Waals surface area contributed by atoms with Gasteiger partial charge in [-0.3, -0.25) is 4.79 Å². The van der Waals surface area contributed by atoms with Crippen LogP contribution in [0.25, 0.3) is 0 Å². The largest absolute Gasteiger partial charge is 0.293 e. The summed E-state index contributed by atoms with van der Waals surface area (Å²) in [5.74, 6) is 1.35. The van der Waals surface area contributed by atoms with Crippen molar-refractivity contribution in [1.82, 2.24) is 0 Å². The molecule has 1 heterocycles. The number of hydrogen-bond donors (Lipinski definition) is 0. The minimum absolute atomic E-state index is 0.150. The molecule has 0 saturated carbocycles. The Kier molecular flexibility index (Phi) is 3.71. The summed E-state index contributed by atoms with van der Waals surface area (Å²) in [6, 6.07) is 7.25. The van der Waals surface area contributed by atoms with Gasteiger partial charge in [0, 0.05) is 10.6 Å². The van der Waals surface area contributed by atoms with Crippen LogP contribution < -0.4 is 0 Å². The van der Waals surface area contributed by atoms with Gasteiger partial charge in [-0.1, -0.05) is 30.2 Å². The molecule has 1 fully saturated rings. The molecule has 1 unspecified atom stereocenters. The van der Waals surface area contributed by atoms with Crippen LogP contribution in [0.15, 0.2) is 24.3 Å². The highest BCUT2D eigenvalue weighted by Gasteiger charge is 2.22. The van der Waals surface area contributed by atoms with E-state index in [0.29, 0.717) is 5.02 Å². The Bertz CT molecular complexity index is 358. The molecule has 0 bridgehead atoms. The number of carbonyl (C=O) groups excluding carboxylic acids is 1. The summed E-state index contributed by atoms with van der Waals surface area (Å²) in [6.45, 7) is 0. The third kappa shape index (κ3) is 2.76. The summed E-state index contributed by atoms with van der Waals surface area (Å²) < 4.78 is 0. The van der Waals surface area contributed by atoms with E-state index in [0.717, 1.165) is 17.7 Å². The van der Waals surface area contributed by atoms with Crippen LogP contribution in [0.5, 0.6) is 0 Å². The lowest BCUT2D eigenvalue weighted by molar-refractivity contribution is 0.0985. The van der Waals surface area contributed by atoms with Gasteiger partial charge in [-0.15, -0.1) is 0 Å². The highest BCUT2D eigenvalue weighted by molar-refractivity contribution is 8.00. The molecule has 1 saturated heterocycles. The smallest absolute Gasteiger partial charge is 0.175 e. The fraction of sp³-hybridized carbons (Fsp3) is 0.417. The van der Waals surface area contributed by atoms with Crippen molar-refractivity contribution in [3.63, 3.8) is 0 Å². The summed E-state index contributed by atoms with van der Waals surface area (Å²) in [5.41, 5.74) is 0.752. The number of hydrogen-bond acceptors (Lipinski definition) is 2. The monoisotopic (exact) mass is 240 g/mol. The van der Waals surface area contributed by atoms with Gasteiger partial charge in [0.1, 0.15) is 0 Å². The van der Waals surface area contributed by atoms with Crippen LogP contribution in [-0.4, -0.2) is 16.8 Å². The van der Waals surface area contributed by atoms with E-state index in [1.54, 1.807) is 23.9 Å². The molecule has 1 aliphatic heterocycles. The average molecular weight is 241 g/mol. The van der Waals surface area contributed by atoms with Crippen LogP contribution in [0.3, 0.4) is 0 Å². The summed E-state index contributed by atoms with van der Waals surface area (Å²) in [7, 11) is 0. The number of benzene rings is 1. The van der Waals surface area contributed by atoms with Crippen molar-refractivity contribution in [3.05, 3.63) is 34.9 Å². The Morgan fingerprint density at radius 3 is 2.93 bits per heavy atom. The van der Waals surface area contributed by atoms with Gasteiger partial charge >= 0.3 is 0 Å². The fourth-order valence-electron chi connectivity index (χ4n) is 1.78. The van der Waals surface area contributed by atoms with E-state index >= 15 is 0 Å². The molecule has 2 rings (SSSR count). The highest BCUT2D eigenvalue weighted by Crippen LogP contribution is 2.28. The lowest BCUT2D eigenvalue weighted by Gasteiger charge is -2.19. The third-order valence-corrected chi connectivity index (χ3v) is 4.19. The quantitative estimate of drug-likeness (QED) is 0.732. The minimum Gasteiger partial charge on any atom is -0.293 e. The second-order valence-corrected chi connectivity index (χ2v) is 5.48. The summed E-state index contributed by atoms with van der Waals surface area (Å²) >= 11 is 7.65. The Morgan fingerprint density at radius 2 is 2.27 bits per heavy atom. The predicted octanol–water partition coefficient (Wildman–Crippen LogP) is 3.81. The molecule has 15 heavy (non-hydrogen) atoms. The molecular weight excluding hydrogens is 228 g/mol. The highest BCUT2D eigenvalue weighted by atomic mass is 35.5. The van der Waals surface area contributed by atoms with Crippen molar-refractivity contribution in [1.29, 1.82) is 0 Å². The molecule has 1 atom stereocenters. The maximum absolute atomic E-state index is 12.1. The van der Waals surface area contributed by atoms with E-state index in [2.05, 4.69) is 0 Å². The van der Waals surface area contributed by atoms with Crippen molar-refractivity contribution in [2.45, 2.75) is 24.5 Å². The zero-order valence-electron chi connectivity index (χ0n) is 8.41. The van der Waals surface area contributed by atoms with Gasteiger partial charge in [0.05, 0.1) is 5.25 Å². The van der Waals surface area contributed by atoms with Gasteiger partial charge in [0.2, 0.25) is 0 Å². The van der Waals surface area contributed by atoms with Crippen molar-refractivity contribution in [2.24, 2.45) is 0 Å². The fourth-order valence-corrected chi connectivity index (χ4v) is 3.24. The first kappa shape index (κ1) is 11.0. The molecule has 1 nitrogen and oxygen atoms in total. The van der Waals surface area contributed by atoms with E-state index in [1.165, 1.54) is 12.8 Å². The number of halogens is 1. The van der Waals surface area contributed by atoms with E-state index < -0.39 is 0 Å². The summed E-state index contributed by atoms with van der Waals surface area (Å²) in [6.07, 6.45) is 3.42. The Morgan fingerprint density at radius 1 is 1.40 bits per heavy atom. The number of ketones is 1. The lowest BCUT2D eigenvalue weighted by Crippen LogP contribution is -2.20. The maximum atomic E-state index is 12.1.